The van der Waals surface area contributed by atoms with Crippen LogP contribution < -0.4 is 10.7 Å². The summed E-state index contributed by atoms with van der Waals surface area (Å²) in [6.07, 6.45) is 1.14. The molecule has 9 heteroatoms. The number of non-ortho nitro benzene ring substituents is 1. The van der Waals surface area contributed by atoms with E-state index >= 15 is 0 Å². The van der Waals surface area contributed by atoms with Crippen molar-refractivity contribution in [3.8, 4) is 5.75 Å². The van der Waals surface area contributed by atoms with Crippen LogP contribution in [0.5, 0.6) is 5.75 Å². The molecule has 0 aliphatic heterocycles. The van der Waals surface area contributed by atoms with Gasteiger partial charge in [0.15, 0.2) is 0 Å². The molecule has 8 nitrogen and oxygen atoms in total. The van der Waals surface area contributed by atoms with Crippen LogP contribution in [0.3, 0.4) is 0 Å². The highest BCUT2D eigenvalue weighted by atomic mass is 79.9. The number of aromatic hydroxyl groups is 1. The van der Waals surface area contributed by atoms with Crippen molar-refractivity contribution in [2.24, 2.45) is 5.10 Å². The Hall–Kier alpha value is -2.94. The summed E-state index contributed by atoms with van der Waals surface area (Å²) in [7, 11) is 0. The van der Waals surface area contributed by atoms with E-state index in [1.165, 1.54) is 6.07 Å². The van der Waals surface area contributed by atoms with Gasteiger partial charge in [0.05, 0.1) is 22.2 Å². The Balaban J connectivity index is 1.97. The second-order valence-corrected chi connectivity index (χ2v) is 5.94. The summed E-state index contributed by atoms with van der Waals surface area (Å²) in [6.45, 7) is 1.92. The Bertz CT molecular complexity index is 839. The van der Waals surface area contributed by atoms with Crippen molar-refractivity contribution in [3.63, 3.8) is 0 Å². The monoisotopic (exact) mass is 406 g/mol. The van der Waals surface area contributed by atoms with E-state index in [1.807, 2.05) is 31.2 Å². The minimum Gasteiger partial charge on any atom is -0.506 e. The van der Waals surface area contributed by atoms with Gasteiger partial charge in [0.25, 0.3) is 11.6 Å². The Morgan fingerprint density at radius 1 is 1.40 bits per heavy atom. The van der Waals surface area contributed by atoms with E-state index in [-0.39, 0.29) is 28.0 Å². The standard InChI is InChI=1S/C16H15BrN4O4/c1-10-4-2-3-5-14(10)18-9-15(22)20-19-8-11-6-12(21(24)25)7-13(17)16(11)23/h2-8,18,23H,9H2,1H3,(H,20,22)/b19-8+. The first kappa shape index (κ1) is 18.4. The highest BCUT2D eigenvalue weighted by Crippen LogP contribution is 2.31. The minimum atomic E-state index is -0.591. The van der Waals surface area contributed by atoms with Crippen molar-refractivity contribution in [3.05, 3.63) is 62.1 Å². The number of rotatable bonds is 6. The molecule has 1 amide bonds. The Morgan fingerprint density at radius 3 is 2.80 bits per heavy atom. The maximum atomic E-state index is 11.8. The van der Waals surface area contributed by atoms with E-state index in [1.54, 1.807) is 0 Å². The lowest BCUT2D eigenvalue weighted by atomic mass is 10.2. The van der Waals surface area contributed by atoms with Crippen LogP contribution in [0.15, 0.2) is 46.0 Å². The average Bonchev–Trinajstić information content (AvgIpc) is 2.57. The fourth-order valence-corrected chi connectivity index (χ4v) is 2.43. The lowest BCUT2D eigenvalue weighted by Crippen LogP contribution is -2.26. The third-order valence-corrected chi connectivity index (χ3v) is 3.87. The van der Waals surface area contributed by atoms with Crippen LogP contribution in [-0.4, -0.2) is 28.7 Å². The molecule has 0 radical (unpaired) electrons. The molecule has 0 saturated carbocycles. The zero-order valence-electron chi connectivity index (χ0n) is 13.2. The molecule has 0 heterocycles. The maximum absolute atomic E-state index is 11.8. The van der Waals surface area contributed by atoms with Gasteiger partial charge < -0.3 is 10.4 Å². The molecule has 130 valence electrons. The first-order valence-electron chi connectivity index (χ1n) is 7.17. The first-order chi connectivity index (χ1) is 11.9. The number of hydrogen-bond donors (Lipinski definition) is 3. The van der Waals surface area contributed by atoms with Gasteiger partial charge in [-0.1, -0.05) is 18.2 Å². The van der Waals surface area contributed by atoms with Gasteiger partial charge >= 0.3 is 0 Å². The molecule has 2 aromatic carbocycles. The van der Waals surface area contributed by atoms with E-state index in [0.717, 1.165) is 23.5 Å². The van der Waals surface area contributed by atoms with Gasteiger partial charge in [-0.25, -0.2) is 5.43 Å². The number of phenols is 1. The largest absolute Gasteiger partial charge is 0.506 e. The van der Waals surface area contributed by atoms with Crippen molar-refractivity contribution in [1.29, 1.82) is 0 Å². The number of hydrogen-bond acceptors (Lipinski definition) is 6. The summed E-state index contributed by atoms with van der Waals surface area (Å²) in [4.78, 5) is 22.0. The van der Waals surface area contributed by atoms with E-state index in [0.29, 0.717) is 0 Å². The van der Waals surface area contributed by atoms with Crippen LogP contribution in [0.2, 0.25) is 0 Å². The average molecular weight is 407 g/mol. The number of hydrazone groups is 1. The number of benzene rings is 2. The predicted octanol–water partition coefficient (Wildman–Crippen LogP) is 2.93. The number of para-hydroxylation sites is 1. The summed E-state index contributed by atoms with van der Waals surface area (Å²) >= 11 is 3.03. The van der Waals surface area contributed by atoms with E-state index < -0.39 is 10.8 Å². The van der Waals surface area contributed by atoms with Crippen LogP contribution in [0.4, 0.5) is 11.4 Å². The number of amides is 1. The molecule has 0 atom stereocenters. The SMILES string of the molecule is Cc1ccccc1NCC(=O)N/N=C/c1cc([N+](=O)[O-])cc(Br)c1O. The van der Waals surface area contributed by atoms with E-state index in [2.05, 4.69) is 31.8 Å². The second kappa shape index (κ2) is 8.25. The van der Waals surface area contributed by atoms with Crippen LogP contribution in [0.25, 0.3) is 0 Å². The summed E-state index contributed by atoms with van der Waals surface area (Å²) in [5, 5.41) is 27.4. The van der Waals surface area contributed by atoms with Crippen LogP contribution in [0.1, 0.15) is 11.1 Å². The fraction of sp³-hybridized carbons (Fsp3) is 0.125. The highest BCUT2D eigenvalue weighted by Gasteiger charge is 2.13. The topological polar surface area (TPSA) is 117 Å². The highest BCUT2D eigenvalue weighted by molar-refractivity contribution is 9.10. The van der Waals surface area contributed by atoms with Crippen LogP contribution >= 0.6 is 15.9 Å². The van der Waals surface area contributed by atoms with Crippen molar-refractivity contribution in [1.82, 2.24) is 5.43 Å². The molecule has 2 rings (SSSR count). The van der Waals surface area contributed by atoms with Crippen molar-refractivity contribution in [2.75, 3.05) is 11.9 Å². The molecule has 0 aliphatic carbocycles. The second-order valence-electron chi connectivity index (χ2n) is 5.08. The van der Waals surface area contributed by atoms with Gasteiger partial charge in [0.2, 0.25) is 0 Å². The molecule has 0 unspecified atom stereocenters. The van der Waals surface area contributed by atoms with Gasteiger partial charge in [-0.3, -0.25) is 14.9 Å². The number of nitro benzene ring substituents is 1. The Kier molecular flexibility index (Phi) is 6.07. The number of carbonyl (C=O) groups excluding carboxylic acids is 1. The number of anilines is 1. The van der Waals surface area contributed by atoms with Crippen molar-refractivity contribution in [2.45, 2.75) is 6.92 Å². The summed E-state index contributed by atoms with van der Waals surface area (Å²) in [5.41, 5.74) is 4.02. The predicted molar refractivity (Wildman–Crippen MR) is 97.9 cm³/mol. The van der Waals surface area contributed by atoms with Gasteiger partial charge in [-0.2, -0.15) is 5.10 Å². The normalized spacial score (nSPS) is 10.6. The number of carbonyl (C=O) groups is 1. The zero-order valence-corrected chi connectivity index (χ0v) is 14.8. The number of halogens is 1. The van der Waals surface area contributed by atoms with Gasteiger partial charge in [0, 0.05) is 23.4 Å². The smallest absolute Gasteiger partial charge is 0.271 e. The third-order valence-electron chi connectivity index (χ3n) is 3.27. The number of nitrogens with one attached hydrogen (secondary N) is 2. The summed E-state index contributed by atoms with van der Waals surface area (Å²) in [6, 6.07) is 9.85. The van der Waals surface area contributed by atoms with Gasteiger partial charge in [-0.05, 0) is 34.5 Å². The Labute approximate surface area is 151 Å². The first-order valence-corrected chi connectivity index (χ1v) is 7.96. The summed E-state index contributed by atoms with van der Waals surface area (Å²) in [5.74, 6) is -0.606. The summed E-state index contributed by atoms with van der Waals surface area (Å²) < 4.78 is 0.163. The van der Waals surface area contributed by atoms with Crippen LogP contribution in [-0.2, 0) is 4.79 Å². The van der Waals surface area contributed by atoms with Gasteiger partial charge in [-0.15, -0.1) is 0 Å². The van der Waals surface area contributed by atoms with Crippen molar-refractivity contribution < 1.29 is 14.8 Å². The molecule has 25 heavy (non-hydrogen) atoms. The van der Waals surface area contributed by atoms with E-state index in [9.17, 15) is 20.0 Å². The molecular weight excluding hydrogens is 392 g/mol. The molecule has 0 aliphatic rings. The van der Waals surface area contributed by atoms with E-state index in [4.69, 9.17) is 0 Å². The molecule has 0 saturated heterocycles. The molecule has 0 spiro atoms. The number of aryl methyl sites for hydroxylation is 1. The molecular formula is C16H15BrN4O4. The number of nitro groups is 1. The quantitative estimate of drug-likeness (QED) is 0.387. The lowest BCUT2D eigenvalue weighted by Gasteiger charge is -2.08. The third kappa shape index (κ3) is 5.01. The Morgan fingerprint density at radius 2 is 2.12 bits per heavy atom. The zero-order chi connectivity index (χ0) is 18.4. The van der Waals surface area contributed by atoms with Crippen molar-refractivity contribution >= 4 is 39.4 Å². The van der Waals surface area contributed by atoms with Crippen LogP contribution in [0, 0.1) is 17.0 Å². The fourth-order valence-electron chi connectivity index (χ4n) is 1.97. The molecule has 2 aromatic rings. The maximum Gasteiger partial charge on any atom is 0.271 e. The molecule has 0 bridgehead atoms. The molecule has 0 aromatic heterocycles. The lowest BCUT2D eigenvalue weighted by molar-refractivity contribution is -0.385. The number of phenolic OH excluding ortho intramolecular Hbond substituents is 1. The number of nitrogens with zero attached hydrogens (tertiary/aromatic N) is 2. The molecule has 0 fully saturated rings. The molecule has 3 N–H and O–H groups in total. The minimum absolute atomic E-state index is 0.00675. The van der Waals surface area contributed by atoms with Gasteiger partial charge in [0.1, 0.15) is 5.75 Å².